The molecule has 2 fully saturated rings. The molecule has 130 valence electrons. The van der Waals surface area contributed by atoms with E-state index < -0.39 is 29.5 Å². The topological polar surface area (TPSA) is 66.8 Å². The number of carboxylic acids is 1. The van der Waals surface area contributed by atoms with E-state index in [0.717, 1.165) is 16.8 Å². The van der Waals surface area contributed by atoms with Crippen molar-refractivity contribution in [3.8, 4) is 0 Å². The molecule has 0 aliphatic carbocycles. The molecule has 1 aromatic carbocycles. The van der Waals surface area contributed by atoms with Crippen molar-refractivity contribution in [3.05, 3.63) is 54.1 Å². The lowest BCUT2D eigenvalue weighted by Gasteiger charge is -2.33. The van der Waals surface area contributed by atoms with E-state index in [4.69, 9.17) is 4.74 Å². The van der Waals surface area contributed by atoms with Crippen molar-refractivity contribution in [2.24, 2.45) is 11.8 Å². The van der Waals surface area contributed by atoms with Crippen LogP contribution >= 0.6 is 0 Å². The highest BCUT2D eigenvalue weighted by Gasteiger charge is 2.71. The summed E-state index contributed by atoms with van der Waals surface area (Å²) in [6.07, 6.45) is 3.74. The van der Waals surface area contributed by atoms with E-state index in [2.05, 4.69) is 6.58 Å². The van der Waals surface area contributed by atoms with Gasteiger partial charge in [-0.25, -0.2) is 0 Å². The Bertz CT molecular complexity index is 796. The largest absolute Gasteiger partial charge is 0.481 e. The van der Waals surface area contributed by atoms with Crippen LogP contribution in [0.3, 0.4) is 0 Å². The molecule has 0 aromatic heterocycles. The number of benzene rings is 1. The van der Waals surface area contributed by atoms with Crippen molar-refractivity contribution in [1.29, 1.82) is 0 Å². The summed E-state index contributed by atoms with van der Waals surface area (Å²) in [6.45, 7) is 7.91. The van der Waals surface area contributed by atoms with Gasteiger partial charge in [-0.15, -0.1) is 6.58 Å². The minimum atomic E-state index is -0.977. The van der Waals surface area contributed by atoms with Crippen LogP contribution < -0.4 is 4.90 Å². The average Bonchev–Trinajstić information content (AvgIpc) is 3.18. The standard InChI is InChI=1S/C20H21NO4/c1-11(2)10-15-20-9-8-14(25-20)16(19(23)24)17(20)18(22)21(15)13-6-4-12(3)5-7-13/h4-9,14-17H,1,10H2,2-3H3,(H,23,24)/t14-,15-,16+,17+,20-/m1/s1. The van der Waals surface area contributed by atoms with E-state index >= 15 is 0 Å². The minimum Gasteiger partial charge on any atom is -0.481 e. The number of aliphatic carboxylic acids is 1. The summed E-state index contributed by atoms with van der Waals surface area (Å²) < 4.78 is 6.12. The normalized spacial score (nSPS) is 35.3. The summed E-state index contributed by atoms with van der Waals surface area (Å²) in [5.74, 6) is -2.67. The van der Waals surface area contributed by atoms with Gasteiger partial charge in [0, 0.05) is 5.69 Å². The Hall–Kier alpha value is -2.40. The number of anilines is 1. The summed E-state index contributed by atoms with van der Waals surface area (Å²) in [7, 11) is 0. The van der Waals surface area contributed by atoms with Crippen LogP contribution in [0.2, 0.25) is 0 Å². The number of rotatable bonds is 4. The van der Waals surface area contributed by atoms with Crippen molar-refractivity contribution < 1.29 is 19.4 Å². The number of ether oxygens (including phenoxy) is 1. The average molecular weight is 339 g/mol. The summed E-state index contributed by atoms with van der Waals surface area (Å²) in [5, 5.41) is 9.66. The molecule has 3 aliphatic rings. The zero-order valence-electron chi connectivity index (χ0n) is 14.3. The molecule has 2 saturated heterocycles. The highest BCUT2D eigenvalue weighted by Crippen LogP contribution is 2.56. The fourth-order valence-corrected chi connectivity index (χ4v) is 4.53. The van der Waals surface area contributed by atoms with Gasteiger partial charge in [-0.2, -0.15) is 0 Å². The number of aryl methyl sites for hydroxylation is 1. The van der Waals surface area contributed by atoms with Crippen LogP contribution in [0.5, 0.6) is 0 Å². The van der Waals surface area contributed by atoms with Crippen molar-refractivity contribution in [2.75, 3.05) is 4.90 Å². The van der Waals surface area contributed by atoms with E-state index in [1.165, 1.54) is 0 Å². The van der Waals surface area contributed by atoms with Gasteiger partial charge in [0.15, 0.2) is 0 Å². The van der Waals surface area contributed by atoms with Gasteiger partial charge < -0.3 is 14.7 Å². The Labute approximate surface area is 146 Å². The number of amides is 1. The Morgan fingerprint density at radius 3 is 2.64 bits per heavy atom. The summed E-state index contributed by atoms with van der Waals surface area (Å²) in [4.78, 5) is 26.8. The molecule has 1 amide bonds. The van der Waals surface area contributed by atoms with Crippen LogP contribution in [0, 0.1) is 18.8 Å². The van der Waals surface area contributed by atoms with Crippen molar-refractivity contribution >= 4 is 17.6 Å². The van der Waals surface area contributed by atoms with Crippen molar-refractivity contribution in [1.82, 2.24) is 0 Å². The third-order valence-electron chi connectivity index (χ3n) is 5.56. The molecule has 2 bridgehead atoms. The van der Waals surface area contributed by atoms with E-state index in [1.54, 1.807) is 11.0 Å². The molecule has 5 nitrogen and oxygen atoms in total. The third-order valence-corrected chi connectivity index (χ3v) is 5.56. The van der Waals surface area contributed by atoms with E-state index in [-0.39, 0.29) is 11.9 Å². The molecule has 0 radical (unpaired) electrons. The summed E-state index contributed by atoms with van der Waals surface area (Å²) >= 11 is 0. The first-order chi connectivity index (χ1) is 11.8. The first-order valence-electron chi connectivity index (χ1n) is 8.49. The molecule has 0 unspecified atom stereocenters. The molecule has 5 heteroatoms. The molecule has 1 aromatic rings. The lowest BCUT2D eigenvalue weighted by atomic mass is 9.74. The van der Waals surface area contributed by atoms with Crippen molar-refractivity contribution in [3.63, 3.8) is 0 Å². The van der Waals surface area contributed by atoms with Crippen LogP contribution in [0.4, 0.5) is 5.69 Å². The fourth-order valence-electron chi connectivity index (χ4n) is 4.53. The number of carbonyl (C=O) groups excluding carboxylic acids is 1. The maximum Gasteiger partial charge on any atom is 0.310 e. The highest BCUT2D eigenvalue weighted by atomic mass is 16.5. The zero-order valence-corrected chi connectivity index (χ0v) is 14.3. The SMILES string of the molecule is C=C(C)C[C@H]1N(c2ccc(C)cc2)C(=O)[C@@H]2[C@@H](C(=O)O)[C@H]3C=C[C@]21O3. The van der Waals surface area contributed by atoms with Crippen LogP contribution in [0.25, 0.3) is 0 Å². The number of carboxylic acid groups (broad SMARTS) is 1. The van der Waals surface area contributed by atoms with Gasteiger partial charge in [0.2, 0.25) is 5.91 Å². The fraction of sp³-hybridized carbons (Fsp3) is 0.400. The zero-order chi connectivity index (χ0) is 17.9. The number of hydrogen-bond donors (Lipinski definition) is 1. The van der Waals surface area contributed by atoms with Gasteiger partial charge in [-0.05, 0) is 32.4 Å². The number of fused-ring (bicyclic) bond motifs is 1. The second-order valence-electron chi connectivity index (χ2n) is 7.36. The van der Waals surface area contributed by atoms with Gasteiger partial charge >= 0.3 is 5.97 Å². The first kappa shape index (κ1) is 16.1. The maximum absolute atomic E-state index is 13.3. The molecule has 3 aliphatic heterocycles. The molecular formula is C20H21NO4. The third kappa shape index (κ3) is 2.12. The van der Waals surface area contributed by atoms with Gasteiger partial charge in [0.1, 0.15) is 11.5 Å². The number of carbonyl (C=O) groups is 2. The van der Waals surface area contributed by atoms with Gasteiger partial charge in [-0.3, -0.25) is 9.59 Å². The van der Waals surface area contributed by atoms with Crippen LogP contribution in [0.15, 0.2) is 48.6 Å². The predicted molar refractivity (Wildman–Crippen MR) is 93.2 cm³/mol. The van der Waals surface area contributed by atoms with Crippen LogP contribution in [0.1, 0.15) is 18.9 Å². The molecule has 1 N–H and O–H groups in total. The summed E-state index contributed by atoms with van der Waals surface area (Å²) in [6, 6.07) is 7.44. The van der Waals surface area contributed by atoms with Crippen molar-refractivity contribution in [2.45, 2.75) is 38.0 Å². The van der Waals surface area contributed by atoms with Gasteiger partial charge in [-0.1, -0.05) is 35.4 Å². The molecule has 25 heavy (non-hydrogen) atoms. The smallest absolute Gasteiger partial charge is 0.310 e. The highest BCUT2D eigenvalue weighted by molar-refractivity contribution is 6.03. The molecule has 3 heterocycles. The number of hydrogen-bond acceptors (Lipinski definition) is 3. The Morgan fingerprint density at radius 2 is 2.04 bits per heavy atom. The predicted octanol–water partition coefficient (Wildman–Crippen LogP) is 2.70. The second kappa shape index (κ2) is 5.30. The first-order valence-corrected chi connectivity index (χ1v) is 8.49. The Morgan fingerprint density at radius 1 is 1.36 bits per heavy atom. The number of nitrogens with zero attached hydrogens (tertiary/aromatic N) is 1. The maximum atomic E-state index is 13.3. The second-order valence-corrected chi connectivity index (χ2v) is 7.36. The van der Waals surface area contributed by atoms with Gasteiger partial charge in [0.25, 0.3) is 0 Å². The molecule has 4 rings (SSSR count). The Kier molecular flexibility index (Phi) is 3.41. The quantitative estimate of drug-likeness (QED) is 0.857. The monoisotopic (exact) mass is 339 g/mol. The van der Waals surface area contributed by atoms with Gasteiger partial charge in [0.05, 0.1) is 18.1 Å². The molecule has 5 atom stereocenters. The molecular weight excluding hydrogens is 318 g/mol. The lowest BCUT2D eigenvalue weighted by Crippen LogP contribution is -2.45. The Balaban J connectivity index is 1.84. The van der Waals surface area contributed by atoms with Crippen LogP contribution in [-0.4, -0.2) is 34.7 Å². The minimum absolute atomic E-state index is 0.172. The van der Waals surface area contributed by atoms with E-state index in [9.17, 15) is 14.7 Å². The molecule has 1 spiro atoms. The van der Waals surface area contributed by atoms with E-state index in [0.29, 0.717) is 6.42 Å². The van der Waals surface area contributed by atoms with Crippen LogP contribution in [-0.2, 0) is 14.3 Å². The lowest BCUT2D eigenvalue weighted by molar-refractivity contribution is -0.146. The summed E-state index contributed by atoms with van der Waals surface area (Å²) in [5.41, 5.74) is 1.93. The molecule has 0 saturated carbocycles. The van der Waals surface area contributed by atoms with E-state index in [1.807, 2.05) is 44.2 Å².